The van der Waals surface area contributed by atoms with Crippen LogP contribution in [0.25, 0.3) is 0 Å². The second-order valence-corrected chi connectivity index (χ2v) is 4.71. The predicted octanol–water partition coefficient (Wildman–Crippen LogP) is 1.61. The third-order valence-corrected chi connectivity index (χ3v) is 3.43. The molecule has 0 saturated carbocycles. The van der Waals surface area contributed by atoms with Crippen LogP contribution in [0.1, 0.15) is 5.56 Å². The van der Waals surface area contributed by atoms with Crippen molar-refractivity contribution in [1.82, 2.24) is 0 Å². The largest absolute Gasteiger partial charge is 0.573 e. The maximum absolute atomic E-state index is 12.4. The fraction of sp³-hybridized carbons (Fsp3) is 0.286. The molecule has 1 amide bonds. The van der Waals surface area contributed by atoms with E-state index < -0.39 is 35.3 Å². The van der Waals surface area contributed by atoms with Gasteiger partial charge < -0.3 is 14.8 Å². The molecule has 24 heavy (non-hydrogen) atoms. The van der Waals surface area contributed by atoms with Crippen LogP contribution in [0.5, 0.6) is 5.75 Å². The summed E-state index contributed by atoms with van der Waals surface area (Å²) in [7, 11) is 0.953. The number of carbonyl (C=O) groups is 2. The highest BCUT2D eigenvalue weighted by Gasteiger charge is 2.57. The minimum absolute atomic E-state index is 0.000211. The highest BCUT2D eigenvalue weighted by atomic mass is 19.4. The molecule has 2 rings (SSSR count). The van der Waals surface area contributed by atoms with E-state index in [1.165, 1.54) is 6.07 Å². The number of hydrogen-bond acceptors (Lipinski definition) is 6. The van der Waals surface area contributed by atoms with Crippen molar-refractivity contribution in [3.63, 3.8) is 0 Å². The number of nitrogens with zero attached hydrogens (tertiary/aromatic N) is 2. The molecule has 1 N–H and O–H groups in total. The van der Waals surface area contributed by atoms with Crippen molar-refractivity contribution in [2.45, 2.75) is 11.8 Å². The van der Waals surface area contributed by atoms with E-state index in [-0.39, 0.29) is 11.3 Å². The molecule has 0 spiro atoms. The van der Waals surface area contributed by atoms with Crippen LogP contribution in [0.15, 0.2) is 18.2 Å². The first kappa shape index (κ1) is 17.1. The molecular formula is C14H8F3N3O4. The third-order valence-electron chi connectivity index (χ3n) is 3.43. The van der Waals surface area contributed by atoms with Crippen molar-refractivity contribution in [3.8, 4) is 17.9 Å². The van der Waals surface area contributed by atoms with Gasteiger partial charge in [0.1, 0.15) is 5.75 Å². The molecule has 124 valence electrons. The van der Waals surface area contributed by atoms with E-state index >= 15 is 0 Å². The van der Waals surface area contributed by atoms with Crippen LogP contribution in [-0.4, -0.2) is 25.3 Å². The average Bonchev–Trinajstić information content (AvgIpc) is 2.79. The lowest BCUT2D eigenvalue weighted by atomic mass is 9.72. The van der Waals surface area contributed by atoms with Gasteiger partial charge in [-0.05, 0) is 18.2 Å². The number of hydrogen-bond donors (Lipinski definition) is 1. The topological polar surface area (TPSA) is 112 Å². The molecule has 2 atom stereocenters. The number of fused-ring (bicyclic) bond motifs is 1. The van der Waals surface area contributed by atoms with Crippen LogP contribution < -0.4 is 10.1 Å². The van der Waals surface area contributed by atoms with E-state index in [0.29, 0.717) is 0 Å². The Morgan fingerprint density at radius 1 is 1.38 bits per heavy atom. The monoisotopic (exact) mass is 339 g/mol. The molecule has 1 aliphatic heterocycles. The molecule has 0 bridgehead atoms. The quantitative estimate of drug-likeness (QED) is 0.837. The van der Waals surface area contributed by atoms with E-state index in [9.17, 15) is 33.3 Å². The number of benzene rings is 1. The molecule has 7 nitrogen and oxygen atoms in total. The van der Waals surface area contributed by atoms with Crippen molar-refractivity contribution >= 4 is 17.6 Å². The Hall–Kier alpha value is -3.27. The van der Waals surface area contributed by atoms with Gasteiger partial charge in [-0.3, -0.25) is 9.59 Å². The van der Waals surface area contributed by atoms with Gasteiger partial charge >= 0.3 is 12.3 Å². The number of alkyl halides is 3. The summed E-state index contributed by atoms with van der Waals surface area (Å²) in [6.07, 6.45) is -4.99. The van der Waals surface area contributed by atoms with E-state index in [1.807, 2.05) is 0 Å². The van der Waals surface area contributed by atoms with Crippen LogP contribution in [-0.2, 0) is 19.7 Å². The van der Waals surface area contributed by atoms with Crippen LogP contribution in [0, 0.1) is 28.6 Å². The van der Waals surface area contributed by atoms with Crippen molar-refractivity contribution in [2.75, 3.05) is 12.4 Å². The molecule has 0 aliphatic carbocycles. The summed E-state index contributed by atoms with van der Waals surface area (Å²) in [5, 5.41) is 20.9. The van der Waals surface area contributed by atoms with E-state index in [1.54, 1.807) is 6.07 Å². The number of methoxy groups -OCH3 is 1. The number of amides is 1. The van der Waals surface area contributed by atoms with Gasteiger partial charge in [-0.1, -0.05) is 0 Å². The Morgan fingerprint density at radius 2 is 2.04 bits per heavy atom. The smallest absolute Gasteiger partial charge is 0.468 e. The Bertz CT molecular complexity index is 794. The average molecular weight is 339 g/mol. The molecular weight excluding hydrogens is 331 g/mol. The van der Waals surface area contributed by atoms with Crippen LogP contribution >= 0.6 is 0 Å². The molecule has 0 radical (unpaired) electrons. The molecule has 0 aromatic heterocycles. The lowest BCUT2D eigenvalue weighted by Gasteiger charge is -2.23. The fourth-order valence-corrected chi connectivity index (χ4v) is 2.41. The minimum atomic E-state index is -4.99. The van der Waals surface area contributed by atoms with Crippen LogP contribution in [0.4, 0.5) is 18.9 Å². The predicted molar refractivity (Wildman–Crippen MR) is 70.2 cm³/mol. The highest BCUT2D eigenvalue weighted by molar-refractivity contribution is 6.11. The standard InChI is InChI=1S/C14H8F3N3O4/c1-23-11(21)9(5-18)13(6-19)8-4-7(24-14(15,16)17)2-3-10(8)20-12(13)22/h2-4,9H,1H3,(H,20,22). The molecule has 0 saturated heterocycles. The van der Waals surface area contributed by atoms with E-state index in [4.69, 9.17) is 0 Å². The summed E-state index contributed by atoms with van der Waals surface area (Å²) in [5.74, 6) is -4.74. The van der Waals surface area contributed by atoms with Gasteiger partial charge in [-0.25, -0.2) is 0 Å². The second-order valence-electron chi connectivity index (χ2n) is 4.71. The first-order chi connectivity index (χ1) is 11.2. The summed E-state index contributed by atoms with van der Waals surface area (Å²) < 4.78 is 45.2. The number of esters is 1. The van der Waals surface area contributed by atoms with Gasteiger partial charge in [0.05, 0.1) is 19.2 Å². The van der Waals surface area contributed by atoms with E-state index in [0.717, 1.165) is 25.3 Å². The van der Waals surface area contributed by atoms with Gasteiger partial charge in [0.2, 0.25) is 0 Å². The summed E-state index contributed by atoms with van der Waals surface area (Å²) in [6.45, 7) is 0. The molecule has 0 fully saturated rings. The molecule has 1 aromatic carbocycles. The lowest BCUT2D eigenvalue weighted by Crippen LogP contribution is -2.44. The number of halogens is 3. The number of nitriles is 2. The third kappa shape index (κ3) is 2.58. The summed E-state index contributed by atoms with van der Waals surface area (Å²) >= 11 is 0. The first-order valence-electron chi connectivity index (χ1n) is 6.30. The Labute approximate surface area is 133 Å². The Kier molecular flexibility index (Phi) is 4.09. The summed E-state index contributed by atoms with van der Waals surface area (Å²) in [5.41, 5.74) is -2.61. The summed E-state index contributed by atoms with van der Waals surface area (Å²) in [6, 6.07) is 5.87. The molecule has 1 heterocycles. The number of rotatable bonds is 3. The van der Waals surface area contributed by atoms with Crippen molar-refractivity contribution in [2.24, 2.45) is 5.92 Å². The highest BCUT2D eigenvalue weighted by Crippen LogP contribution is 2.45. The molecule has 10 heteroatoms. The number of ether oxygens (including phenoxy) is 2. The lowest BCUT2D eigenvalue weighted by molar-refractivity contribution is -0.274. The zero-order valence-electron chi connectivity index (χ0n) is 12.0. The van der Waals surface area contributed by atoms with Crippen LogP contribution in [0.2, 0.25) is 0 Å². The zero-order chi connectivity index (χ0) is 18.1. The van der Waals surface area contributed by atoms with Crippen molar-refractivity contribution < 1.29 is 32.2 Å². The zero-order valence-corrected chi connectivity index (χ0v) is 12.0. The van der Waals surface area contributed by atoms with Crippen LogP contribution in [0.3, 0.4) is 0 Å². The maximum Gasteiger partial charge on any atom is 0.573 e. The fourth-order valence-electron chi connectivity index (χ4n) is 2.41. The van der Waals surface area contributed by atoms with E-state index in [2.05, 4.69) is 14.8 Å². The number of anilines is 1. The second kappa shape index (κ2) is 5.74. The number of carbonyl (C=O) groups excluding carboxylic acids is 2. The van der Waals surface area contributed by atoms with Gasteiger partial charge in [0.25, 0.3) is 5.91 Å². The maximum atomic E-state index is 12.4. The molecule has 2 unspecified atom stereocenters. The van der Waals surface area contributed by atoms with Crippen molar-refractivity contribution in [1.29, 1.82) is 10.5 Å². The summed E-state index contributed by atoms with van der Waals surface area (Å²) in [4.78, 5) is 24.0. The minimum Gasteiger partial charge on any atom is -0.468 e. The Balaban J connectivity index is 2.64. The Morgan fingerprint density at radius 3 is 2.54 bits per heavy atom. The normalized spacial score (nSPS) is 20.2. The van der Waals surface area contributed by atoms with Gasteiger partial charge in [0.15, 0.2) is 11.3 Å². The molecule has 1 aliphatic rings. The molecule has 1 aromatic rings. The van der Waals surface area contributed by atoms with Gasteiger partial charge in [-0.2, -0.15) is 10.5 Å². The SMILES string of the molecule is COC(=O)C(C#N)C1(C#N)C(=O)Nc2ccc(OC(F)(F)F)cc21. The van der Waals surface area contributed by atoms with Gasteiger partial charge in [0, 0.05) is 11.3 Å². The van der Waals surface area contributed by atoms with Crippen molar-refractivity contribution in [3.05, 3.63) is 23.8 Å². The number of nitrogens with one attached hydrogen (secondary N) is 1. The first-order valence-corrected chi connectivity index (χ1v) is 6.30. The van der Waals surface area contributed by atoms with Gasteiger partial charge in [-0.15, -0.1) is 13.2 Å².